The zero-order valence-electron chi connectivity index (χ0n) is 11.6. The fourth-order valence-corrected chi connectivity index (χ4v) is 2.74. The average molecular weight is 329 g/mol. The highest BCUT2D eigenvalue weighted by Gasteiger charge is 2.35. The quantitative estimate of drug-likeness (QED) is 0.903. The van der Waals surface area contributed by atoms with Gasteiger partial charge in [0.1, 0.15) is 5.60 Å². The normalized spacial score (nSPS) is 14.4. The molecule has 3 nitrogen and oxygen atoms in total. The maximum atomic E-state index is 12.9. The molecular weight excluding hydrogens is 315 g/mol. The number of hydrogen-bond donors (Lipinski definition) is 2. The van der Waals surface area contributed by atoms with E-state index in [1.165, 1.54) is 30.4 Å². The molecule has 0 saturated heterocycles. The molecule has 1 aromatic heterocycles. The van der Waals surface area contributed by atoms with E-state index in [0.717, 1.165) is 12.1 Å². The Labute approximate surface area is 129 Å². The molecule has 1 atom stereocenters. The van der Waals surface area contributed by atoms with E-state index in [0.29, 0.717) is 4.88 Å². The van der Waals surface area contributed by atoms with Crippen LogP contribution < -0.4 is 5.32 Å². The molecule has 1 amide bonds. The van der Waals surface area contributed by atoms with Crippen LogP contribution in [0.25, 0.3) is 0 Å². The van der Waals surface area contributed by atoms with Crippen LogP contribution in [0.2, 0.25) is 0 Å². The molecule has 0 aliphatic carbocycles. The van der Waals surface area contributed by atoms with Gasteiger partial charge >= 0.3 is 6.18 Å². The first-order valence-electron chi connectivity index (χ1n) is 6.42. The Morgan fingerprint density at radius 3 is 2.50 bits per heavy atom. The summed E-state index contributed by atoms with van der Waals surface area (Å²) in [5.74, 6) is -0.871. The van der Waals surface area contributed by atoms with Crippen molar-refractivity contribution in [2.45, 2.75) is 18.7 Å². The predicted molar refractivity (Wildman–Crippen MR) is 77.7 cm³/mol. The molecule has 1 unspecified atom stereocenters. The monoisotopic (exact) mass is 329 g/mol. The van der Waals surface area contributed by atoms with Crippen molar-refractivity contribution in [2.75, 3.05) is 6.54 Å². The van der Waals surface area contributed by atoms with E-state index in [1.807, 2.05) is 0 Å². The number of halogens is 3. The number of benzene rings is 1. The molecule has 0 saturated carbocycles. The van der Waals surface area contributed by atoms with E-state index in [2.05, 4.69) is 5.32 Å². The minimum atomic E-state index is -4.61. The molecule has 2 rings (SSSR count). The number of carbonyl (C=O) groups is 1. The number of rotatable bonds is 4. The standard InChI is InChI=1S/C15H14F3NO2S/c1-14(21,12-7-4-8-22-12)9-19-13(20)10-5-2-3-6-11(10)15(16,17)18/h2-8,21H,9H2,1H3,(H,19,20). The molecule has 1 heterocycles. The zero-order chi connectivity index (χ0) is 16.4. The molecule has 22 heavy (non-hydrogen) atoms. The Kier molecular flexibility index (Phi) is 4.58. The second-order valence-electron chi connectivity index (χ2n) is 4.98. The van der Waals surface area contributed by atoms with Crippen LogP contribution >= 0.6 is 11.3 Å². The van der Waals surface area contributed by atoms with Gasteiger partial charge in [0.05, 0.1) is 17.7 Å². The van der Waals surface area contributed by atoms with Gasteiger partial charge in [-0.2, -0.15) is 13.2 Å². The van der Waals surface area contributed by atoms with Gasteiger partial charge in [-0.05, 0) is 30.5 Å². The van der Waals surface area contributed by atoms with Crippen LogP contribution in [-0.2, 0) is 11.8 Å². The number of alkyl halides is 3. The summed E-state index contributed by atoms with van der Waals surface area (Å²) in [6.45, 7) is 1.31. The maximum absolute atomic E-state index is 12.9. The summed E-state index contributed by atoms with van der Waals surface area (Å²) < 4.78 is 38.6. The molecule has 1 aromatic carbocycles. The van der Waals surface area contributed by atoms with Crippen LogP contribution in [-0.4, -0.2) is 17.6 Å². The maximum Gasteiger partial charge on any atom is 0.417 e. The summed E-state index contributed by atoms with van der Waals surface area (Å²) in [5, 5.41) is 14.4. The lowest BCUT2D eigenvalue weighted by Crippen LogP contribution is -2.38. The lowest BCUT2D eigenvalue weighted by molar-refractivity contribution is -0.137. The van der Waals surface area contributed by atoms with E-state index in [1.54, 1.807) is 17.5 Å². The molecule has 2 N–H and O–H groups in total. The summed E-state index contributed by atoms with van der Waals surface area (Å²) in [4.78, 5) is 12.6. The van der Waals surface area contributed by atoms with Crippen molar-refractivity contribution in [1.29, 1.82) is 0 Å². The molecule has 2 aromatic rings. The minimum absolute atomic E-state index is 0.182. The predicted octanol–water partition coefficient (Wildman–Crippen LogP) is 3.40. The van der Waals surface area contributed by atoms with Crippen LogP contribution in [0.5, 0.6) is 0 Å². The summed E-state index contributed by atoms with van der Waals surface area (Å²) >= 11 is 1.30. The molecule has 0 spiro atoms. The van der Waals surface area contributed by atoms with Gasteiger partial charge in [0.2, 0.25) is 0 Å². The Bertz CT molecular complexity index is 651. The molecule has 0 bridgehead atoms. The van der Waals surface area contributed by atoms with Gasteiger partial charge in [0.15, 0.2) is 0 Å². The number of nitrogens with one attached hydrogen (secondary N) is 1. The van der Waals surface area contributed by atoms with Gasteiger partial charge in [0, 0.05) is 4.88 Å². The highest BCUT2D eigenvalue weighted by molar-refractivity contribution is 7.10. The van der Waals surface area contributed by atoms with Crippen molar-refractivity contribution in [3.8, 4) is 0 Å². The van der Waals surface area contributed by atoms with Crippen LogP contribution in [0.15, 0.2) is 41.8 Å². The second-order valence-corrected chi connectivity index (χ2v) is 5.92. The summed E-state index contributed by atoms with van der Waals surface area (Å²) in [5.41, 5.74) is -2.79. The number of thiophene rings is 1. The van der Waals surface area contributed by atoms with Crippen molar-refractivity contribution in [3.05, 3.63) is 57.8 Å². The van der Waals surface area contributed by atoms with Crippen molar-refractivity contribution < 1.29 is 23.1 Å². The van der Waals surface area contributed by atoms with Crippen molar-refractivity contribution in [3.63, 3.8) is 0 Å². The SMILES string of the molecule is CC(O)(CNC(=O)c1ccccc1C(F)(F)F)c1cccs1. The first-order valence-corrected chi connectivity index (χ1v) is 7.30. The molecule has 0 radical (unpaired) electrons. The molecule has 0 aliphatic rings. The summed E-state index contributed by atoms with van der Waals surface area (Å²) in [6, 6.07) is 7.99. The van der Waals surface area contributed by atoms with E-state index < -0.39 is 28.8 Å². The Hall–Kier alpha value is -1.86. The lowest BCUT2D eigenvalue weighted by Gasteiger charge is -2.22. The Morgan fingerprint density at radius 2 is 1.91 bits per heavy atom. The third kappa shape index (κ3) is 3.66. The van der Waals surface area contributed by atoms with Crippen LogP contribution in [0.3, 0.4) is 0 Å². The van der Waals surface area contributed by atoms with Gasteiger partial charge in [-0.3, -0.25) is 4.79 Å². The van der Waals surface area contributed by atoms with E-state index in [-0.39, 0.29) is 6.54 Å². The van der Waals surface area contributed by atoms with Crippen molar-refractivity contribution in [2.24, 2.45) is 0 Å². The van der Waals surface area contributed by atoms with Crippen molar-refractivity contribution in [1.82, 2.24) is 5.32 Å². The first-order chi connectivity index (χ1) is 10.2. The summed E-state index contributed by atoms with van der Waals surface area (Å²) in [7, 11) is 0. The van der Waals surface area contributed by atoms with Gasteiger partial charge in [0.25, 0.3) is 5.91 Å². The average Bonchev–Trinajstić information content (AvgIpc) is 2.99. The molecule has 0 fully saturated rings. The van der Waals surface area contributed by atoms with Gasteiger partial charge in [-0.25, -0.2) is 0 Å². The fraction of sp³-hybridized carbons (Fsp3) is 0.267. The first kappa shape index (κ1) is 16.5. The molecule has 118 valence electrons. The Balaban J connectivity index is 2.14. The molecule has 0 aliphatic heterocycles. The number of hydrogen-bond acceptors (Lipinski definition) is 3. The third-order valence-electron chi connectivity index (χ3n) is 3.12. The second kappa shape index (κ2) is 6.10. The molecular formula is C15H14F3NO2S. The van der Waals surface area contributed by atoms with E-state index >= 15 is 0 Å². The zero-order valence-corrected chi connectivity index (χ0v) is 12.5. The number of amides is 1. The highest BCUT2D eigenvalue weighted by atomic mass is 32.1. The fourth-order valence-electron chi connectivity index (χ4n) is 1.95. The van der Waals surface area contributed by atoms with E-state index in [9.17, 15) is 23.1 Å². The molecule has 7 heteroatoms. The minimum Gasteiger partial charge on any atom is -0.383 e. The number of carbonyl (C=O) groups excluding carboxylic acids is 1. The van der Waals surface area contributed by atoms with Gasteiger partial charge in [-0.1, -0.05) is 18.2 Å². The number of aliphatic hydroxyl groups is 1. The van der Waals surface area contributed by atoms with Crippen molar-refractivity contribution >= 4 is 17.2 Å². The summed E-state index contributed by atoms with van der Waals surface area (Å²) in [6.07, 6.45) is -4.61. The van der Waals surface area contributed by atoms with E-state index in [4.69, 9.17) is 0 Å². The van der Waals surface area contributed by atoms with Gasteiger partial charge in [-0.15, -0.1) is 11.3 Å². The topological polar surface area (TPSA) is 49.3 Å². The smallest absolute Gasteiger partial charge is 0.383 e. The van der Waals surface area contributed by atoms with Gasteiger partial charge < -0.3 is 10.4 Å². The highest BCUT2D eigenvalue weighted by Crippen LogP contribution is 2.32. The van der Waals surface area contributed by atoms with Crippen LogP contribution in [0.1, 0.15) is 27.7 Å². The third-order valence-corrected chi connectivity index (χ3v) is 4.25. The largest absolute Gasteiger partial charge is 0.417 e. The van der Waals surface area contributed by atoms with Crippen LogP contribution in [0.4, 0.5) is 13.2 Å². The van der Waals surface area contributed by atoms with Crippen LogP contribution in [0, 0.1) is 0 Å². The Morgan fingerprint density at radius 1 is 1.23 bits per heavy atom. The lowest BCUT2D eigenvalue weighted by atomic mass is 10.0.